The zero-order chi connectivity index (χ0) is 48.5. The van der Waals surface area contributed by atoms with Crippen LogP contribution in [0.25, 0.3) is 89.7 Å². The van der Waals surface area contributed by atoms with E-state index in [0.29, 0.717) is 113 Å². The fraction of sp³-hybridized carbons (Fsp3) is 0. The van der Waals surface area contributed by atoms with E-state index in [2.05, 4.69) is 26.4 Å². The number of benzene rings is 8. The van der Waals surface area contributed by atoms with Gasteiger partial charge < -0.3 is 20.9 Å². The average molecular weight is 951 g/mol. The molecule has 0 unspecified atom stereocenters. The Hall–Kier alpha value is -9.96. The smallest absolute Gasteiger partial charge is 0.164 e. The average Bonchev–Trinajstić information content (AvgIpc) is 4.12. The van der Waals surface area contributed by atoms with Gasteiger partial charge in [0.25, 0.3) is 0 Å². The molecule has 11 aromatic rings. The lowest BCUT2D eigenvalue weighted by Gasteiger charge is -2.21. The molecule has 0 spiro atoms. The number of aromatic amines is 1. The highest BCUT2D eigenvalue weighted by Gasteiger charge is 2.26. The third kappa shape index (κ3) is 7.41. The minimum Gasteiger partial charge on any atom is -0.353 e. The summed E-state index contributed by atoms with van der Waals surface area (Å²) in [5.74, 6) is -1.01. The first-order valence-electron chi connectivity index (χ1n) is 22.7. The van der Waals surface area contributed by atoms with E-state index >= 15 is 4.39 Å². The summed E-state index contributed by atoms with van der Waals surface area (Å²) in [6.45, 7) is 0. The van der Waals surface area contributed by atoms with Gasteiger partial charge in [0.1, 0.15) is 34.6 Å². The highest BCUT2D eigenvalue weighted by Crippen LogP contribution is 2.46. The van der Waals surface area contributed by atoms with Crippen molar-refractivity contribution >= 4 is 83.9 Å². The quantitative estimate of drug-likeness (QED) is 0.0933. The van der Waals surface area contributed by atoms with E-state index in [9.17, 15) is 13.2 Å². The van der Waals surface area contributed by atoms with Crippen LogP contribution in [0.4, 0.5) is 57.4 Å². The Morgan fingerprint density at radius 1 is 0.375 bits per heavy atom. The highest BCUT2D eigenvalue weighted by atomic mass is 19.1. The summed E-state index contributed by atoms with van der Waals surface area (Å²) in [5, 5.41) is 12.8. The Morgan fingerprint density at radius 2 is 0.861 bits per heavy atom. The minimum atomic E-state index is -0.828. The molecule has 3 aromatic heterocycles. The number of nitrogens with one attached hydrogen (secondary N) is 5. The molecule has 0 saturated heterocycles. The Bertz CT molecular complexity index is 4160. The Kier molecular flexibility index (Phi) is 9.91. The molecule has 72 heavy (non-hydrogen) atoms. The monoisotopic (exact) mass is 950 g/mol. The van der Waals surface area contributed by atoms with Gasteiger partial charge in [-0.2, -0.15) is 0 Å². The second kappa shape index (κ2) is 16.9. The van der Waals surface area contributed by atoms with Crippen molar-refractivity contribution in [2.24, 2.45) is 0 Å². The Morgan fingerprint density at radius 3 is 1.44 bits per heavy atom. The third-order valence-electron chi connectivity index (χ3n) is 12.4. The van der Waals surface area contributed by atoms with Gasteiger partial charge in [-0.3, -0.25) is 5.43 Å². The van der Waals surface area contributed by atoms with Gasteiger partial charge in [-0.25, -0.2) is 52.1 Å². The molecule has 0 saturated carbocycles. The zero-order valence-electron chi connectivity index (χ0n) is 37.4. The molecule has 0 radical (unpaired) electrons. The Balaban J connectivity index is 1.19. The predicted molar refractivity (Wildman–Crippen MR) is 274 cm³/mol. The molecule has 16 heteroatoms. The van der Waals surface area contributed by atoms with Crippen molar-refractivity contribution < 1.29 is 17.6 Å². The predicted octanol–water partition coefficient (Wildman–Crippen LogP) is 14.0. The van der Waals surface area contributed by atoms with E-state index in [0.717, 1.165) is 22.9 Å². The topological polar surface area (TPSA) is 146 Å². The number of hydrogen-bond acceptors (Lipinski definition) is 10. The maximum Gasteiger partial charge on any atom is 0.164 e. The van der Waals surface area contributed by atoms with Crippen molar-refractivity contribution in [1.82, 2.24) is 39.6 Å². The molecular formula is C56H34F4N12. The molecule has 13 rings (SSSR count). The van der Waals surface area contributed by atoms with Crippen LogP contribution in [0.2, 0.25) is 0 Å². The molecule has 0 amide bonds. The van der Waals surface area contributed by atoms with Crippen LogP contribution in [-0.4, -0.2) is 39.6 Å². The first-order valence-corrected chi connectivity index (χ1v) is 22.7. The van der Waals surface area contributed by atoms with Crippen LogP contribution in [0.3, 0.4) is 0 Å². The normalized spacial score (nSPS) is 11.6. The van der Waals surface area contributed by atoms with Crippen LogP contribution >= 0.6 is 0 Å². The molecule has 0 aliphatic carbocycles. The fourth-order valence-electron chi connectivity index (χ4n) is 9.10. The second-order valence-electron chi connectivity index (χ2n) is 17.0. The van der Waals surface area contributed by atoms with Crippen LogP contribution in [-0.2, 0) is 0 Å². The molecule has 8 aromatic carbocycles. The van der Waals surface area contributed by atoms with Crippen molar-refractivity contribution in [2.45, 2.75) is 0 Å². The molecule has 8 bridgehead atoms. The van der Waals surface area contributed by atoms with Crippen molar-refractivity contribution in [3.05, 3.63) is 199 Å². The molecule has 5 N–H and O–H groups in total. The lowest BCUT2D eigenvalue weighted by molar-refractivity contribution is 0.586. The zero-order valence-corrected chi connectivity index (χ0v) is 37.4. The number of fused-ring (bicyclic) bond motifs is 20. The molecule has 5 heterocycles. The van der Waals surface area contributed by atoms with Gasteiger partial charge in [0.15, 0.2) is 34.6 Å². The molecule has 12 nitrogen and oxygen atoms in total. The van der Waals surface area contributed by atoms with Crippen molar-refractivity contribution in [3.8, 4) is 45.6 Å². The van der Waals surface area contributed by atoms with Crippen molar-refractivity contribution in [3.63, 3.8) is 0 Å². The van der Waals surface area contributed by atoms with Gasteiger partial charge in [0, 0.05) is 55.9 Å². The van der Waals surface area contributed by atoms with E-state index in [1.807, 2.05) is 103 Å². The van der Waals surface area contributed by atoms with Gasteiger partial charge in [-0.1, -0.05) is 91.0 Å². The first kappa shape index (κ1) is 42.2. The van der Waals surface area contributed by atoms with E-state index in [1.165, 1.54) is 30.3 Å². The maximum atomic E-state index is 15.7. The van der Waals surface area contributed by atoms with Crippen LogP contribution < -0.4 is 21.4 Å². The van der Waals surface area contributed by atoms with Crippen LogP contribution in [0, 0.1) is 23.3 Å². The number of anilines is 7. The molecule has 0 atom stereocenters. The molecule has 346 valence electrons. The summed E-state index contributed by atoms with van der Waals surface area (Å²) < 4.78 is 60.5. The number of nitrogens with zero attached hydrogens (tertiary/aromatic N) is 7. The number of para-hydroxylation sites is 1. The molecule has 2 aliphatic heterocycles. The number of halogens is 4. The minimum absolute atomic E-state index is 0.0130. The maximum absolute atomic E-state index is 15.7. The summed E-state index contributed by atoms with van der Waals surface area (Å²) in [6, 6.07) is 49.4. The second-order valence-corrected chi connectivity index (χ2v) is 17.0. The van der Waals surface area contributed by atoms with Gasteiger partial charge in [0.05, 0.1) is 33.8 Å². The molecule has 0 fully saturated rings. The van der Waals surface area contributed by atoms with E-state index in [-0.39, 0.29) is 11.5 Å². The molecule has 2 aliphatic rings. The summed E-state index contributed by atoms with van der Waals surface area (Å²) in [4.78, 5) is 35.0. The Labute approximate surface area is 405 Å². The third-order valence-corrected chi connectivity index (χ3v) is 12.4. The lowest BCUT2D eigenvalue weighted by atomic mass is 10.1. The summed E-state index contributed by atoms with van der Waals surface area (Å²) in [6.07, 6.45) is 0. The summed E-state index contributed by atoms with van der Waals surface area (Å²) in [5.41, 5.74) is 10.8. The fourth-order valence-corrected chi connectivity index (χ4v) is 9.10. The number of hydrogen-bond donors (Lipinski definition) is 5. The standard InChI is InChI=1S/C56H34F4N12/c57-30-18-23-34(24-19-30)61-47-45(63-44-27-22-32(59)28-43(44)60)29-42-46(48(47)62-33-10-2-1-3-11-33)54-67-50-37-13-5-7-15-39(37)52(65-50)70-56-41-17-9-8-16-40(41)55(72(56)71-35-25-20-31(58)21-26-35)69-51-38-14-6-4-12-36(38)49(64-51)66-53(42)68-54/h1-29,61-63,71H,(H,64,65,66,67,68,69,70). The lowest BCUT2D eigenvalue weighted by Crippen LogP contribution is -2.10. The number of aromatic nitrogens is 8. The van der Waals surface area contributed by atoms with Gasteiger partial charge >= 0.3 is 0 Å². The first-order chi connectivity index (χ1) is 35.3. The number of rotatable bonds is 8. The summed E-state index contributed by atoms with van der Waals surface area (Å²) in [7, 11) is 0. The number of H-pyrrole nitrogens is 1. The van der Waals surface area contributed by atoms with Gasteiger partial charge in [-0.05, 0) is 78.9 Å². The van der Waals surface area contributed by atoms with Gasteiger partial charge in [-0.15, -0.1) is 0 Å². The van der Waals surface area contributed by atoms with Crippen molar-refractivity contribution in [2.75, 3.05) is 21.4 Å². The van der Waals surface area contributed by atoms with E-state index < -0.39 is 17.5 Å². The van der Waals surface area contributed by atoms with Crippen molar-refractivity contribution in [1.29, 1.82) is 0 Å². The van der Waals surface area contributed by atoms with Crippen LogP contribution in [0.1, 0.15) is 0 Å². The van der Waals surface area contributed by atoms with E-state index in [4.69, 9.17) is 29.9 Å². The van der Waals surface area contributed by atoms with Crippen LogP contribution in [0.15, 0.2) is 176 Å². The van der Waals surface area contributed by atoms with E-state index in [1.54, 1.807) is 35.0 Å². The summed E-state index contributed by atoms with van der Waals surface area (Å²) >= 11 is 0. The molecular weight excluding hydrogens is 917 g/mol. The van der Waals surface area contributed by atoms with Gasteiger partial charge in [0.2, 0.25) is 0 Å². The van der Waals surface area contributed by atoms with Crippen LogP contribution in [0.5, 0.6) is 0 Å². The SMILES string of the molecule is Fc1ccc(Nc2c(Nc3ccc(F)cc3F)cc3c4nc5nc(nc6c7ccccc7c(nc7nc(nc([nH]4)c3c2Nc2ccccc2)-c2ccccc2-7)n6Nc2ccc(F)cc2)-c2ccccc2-5)cc1. The highest BCUT2D eigenvalue weighted by molar-refractivity contribution is 6.19. The largest absolute Gasteiger partial charge is 0.353 e.